The summed E-state index contributed by atoms with van der Waals surface area (Å²) in [6.07, 6.45) is 2.91. The molecule has 0 aliphatic rings. The van der Waals surface area contributed by atoms with E-state index in [1.54, 1.807) is 24.3 Å². The fraction of sp³-hybridized carbons (Fsp3) is 0. The highest BCUT2D eigenvalue weighted by Gasteiger charge is 1.97. The Morgan fingerprint density at radius 2 is 2.17 bits per heavy atom. The Bertz CT molecular complexity index is 639. The molecule has 1 heterocycles. The number of hydrogen-bond acceptors (Lipinski definition) is 4. The van der Waals surface area contributed by atoms with Crippen LogP contribution in [0.2, 0.25) is 10.0 Å². The zero-order chi connectivity index (χ0) is 13.0. The minimum Gasteiger partial charge on any atom is -0.291 e. The third-order valence-corrected chi connectivity index (χ3v) is 2.59. The van der Waals surface area contributed by atoms with E-state index in [4.69, 9.17) is 23.2 Å². The van der Waals surface area contributed by atoms with Gasteiger partial charge in [0.25, 0.3) is 0 Å². The molecular weight excluding hydrogens is 275 g/mol. The van der Waals surface area contributed by atoms with E-state index in [1.165, 1.54) is 12.4 Å². The molecule has 0 aliphatic carbocycles. The number of H-pyrrole nitrogens is 1. The Hall–Kier alpha value is -1.85. The molecule has 1 aromatic heterocycles. The van der Waals surface area contributed by atoms with Gasteiger partial charge in [-0.2, -0.15) is 5.10 Å². The van der Waals surface area contributed by atoms with E-state index < -0.39 is 5.69 Å². The Morgan fingerprint density at radius 3 is 2.89 bits per heavy atom. The summed E-state index contributed by atoms with van der Waals surface area (Å²) in [4.78, 5) is 16.9. The second-order valence-electron chi connectivity index (χ2n) is 3.32. The van der Waals surface area contributed by atoms with Crippen molar-refractivity contribution in [3.8, 4) is 0 Å². The fourth-order valence-corrected chi connectivity index (χ4v) is 1.67. The molecular formula is C11H8Cl2N4O. The van der Waals surface area contributed by atoms with Gasteiger partial charge >= 0.3 is 5.69 Å². The van der Waals surface area contributed by atoms with Crippen molar-refractivity contribution in [3.63, 3.8) is 0 Å². The average molecular weight is 283 g/mol. The molecule has 2 rings (SSSR count). The first-order valence-electron chi connectivity index (χ1n) is 4.94. The highest BCUT2D eigenvalue weighted by atomic mass is 35.5. The smallest absolute Gasteiger partial charge is 0.291 e. The van der Waals surface area contributed by atoms with Gasteiger partial charge in [0.05, 0.1) is 11.2 Å². The van der Waals surface area contributed by atoms with Crippen molar-refractivity contribution in [1.82, 2.24) is 9.97 Å². The second kappa shape index (κ2) is 5.66. The van der Waals surface area contributed by atoms with E-state index in [1.807, 2.05) is 0 Å². The largest absolute Gasteiger partial charge is 0.346 e. The van der Waals surface area contributed by atoms with Gasteiger partial charge in [-0.3, -0.25) is 10.4 Å². The molecule has 0 fully saturated rings. The van der Waals surface area contributed by atoms with Crippen LogP contribution in [0.3, 0.4) is 0 Å². The number of benzene rings is 1. The molecule has 92 valence electrons. The lowest BCUT2D eigenvalue weighted by Crippen LogP contribution is -2.10. The maximum absolute atomic E-state index is 10.9. The predicted molar refractivity (Wildman–Crippen MR) is 72.5 cm³/mol. The van der Waals surface area contributed by atoms with Crippen LogP contribution in [-0.2, 0) is 0 Å². The molecule has 0 bridgehead atoms. The summed E-state index contributed by atoms with van der Waals surface area (Å²) in [5.41, 5.74) is 2.93. The summed E-state index contributed by atoms with van der Waals surface area (Å²) >= 11 is 11.7. The number of hydrazone groups is 1. The summed E-state index contributed by atoms with van der Waals surface area (Å²) in [5.74, 6) is 0.441. The van der Waals surface area contributed by atoms with E-state index in [9.17, 15) is 4.79 Å². The molecule has 0 saturated heterocycles. The lowest BCUT2D eigenvalue weighted by molar-refractivity contribution is 1.06. The van der Waals surface area contributed by atoms with Gasteiger partial charge in [-0.15, -0.1) is 0 Å². The van der Waals surface area contributed by atoms with E-state index in [-0.39, 0.29) is 0 Å². The second-order valence-corrected chi connectivity index (χ2v) is 4.17. The summed E-state index contributed by atoms with van der Waals surface area (Å²) in [5, 5.41) is 5.00. The van der Waals surface area contributed by atoms with Crippen LogP contribution in [-0.4, -0.2) is 16.2 Å². The van der Waals surface area contributed by atoms with Gasteiger partial charge in [-0.1, -0.05) is 29.3 Å². The van der Waals surface area contributed by atoms with Gasteiger partial charge in [-0.05, 0) is 18.2 Å². The molecule has 0 radical (unpaired) electrons. The monoisotopic (exact) mass is 282 g/mol. The van der Waals surface area contributed by atoms with Crippen LogP contribution in [0.1, 0.15) is 5.56 Å². The lowest BCUT2D eigenvalue weighted by Gasteiger charge is -2.00. The topological polar surface area (TPSA) is 70.1 Å². The van der Waals surface area contributed by atoms with Crippen molar-refractivity contribution in [1.29, 1.82) is 0 Å². The number of nitrogens with one attached hydrogen (secondary N) is 2. The molecule has 0 amide bonds. The van der Waals surface area contributed by atoms with Crippen LogP contribution < -0.4 is 11.1 Å². The van der Waals surface area contributed by atoms with Crippen LogP contribution in [0.5, 0.6) is 0 Å². The van der Waals surface area contributed by atoms with Crippen molar-refractivity contribution >= 4 is 35.2 Å². The normalized spacial score (nSPS) is 10.8. The quantitative estimate of drug-likeness (QED) is 0.671. The third kappa shape index (κ3) is 3.32. The standard InChI is InChI=1S/C11H8Cl2N4O/c12-8-2-1-7(9(13)5-8)6-15-17-10-3-4-14-11(18)16-10/h1-6H,(H2,14,16,17,18)/b15-6-. The highest BCUT2D eigenvalue weighted by Crippen LogP contribution is 2.19. The molecule has 5 nitrogen and oxygen atoms in total. The molecule has 18 heavy (non-hydrogen) atoms. The number of aromatic amines is 1. The van der Waals surface area contributed by atoms with Gasteiger partial charge in [-0.25, -0.2) is 9.78 Å². The van der Waals surface area contributed by atoms with Crippen LogP contribution in [0.15, 0.2) is 40.4 Å². The van der Waals surface area contributed by atoms with Crippen molar-refractivity contribution < 1.29 is 0 Å². The van der Waals surface area contributed by atoms with Crippen molar-refractivity contribution in [3.05, 3.63) is 56.6 Å². The van der Waals surface area contributed by atoms with Gasteiger partial charge in [0.15, 0.2) is 0 Å². The zero-order valence-electron chi connectivity index (χ0n) is 9.02. The Kier molecular flexibility index (Phi) is 3.96. The fourth-order valence-electron chi connectivity index (χ4n) is 1.21. The van der Waals surface area contributed by atoms with E-state index in [0.29, 0.717) is 21.4 Å². The molecule has 7 heteroatoms. The number of halogens is 2. The molecule has 0 unspecified atom stereocenters. The van der Waals surface area contributed by atoms with Crippen molar-refractivity contribution in [2.45, 2.75) is 0 Å². The van der Waals surface area contributed by atoms with Crippen molar-refractivity contribution in [2.75, 3.05) is 5.43 Å². The molecule has 1 aromatic carbocycles. The average Bonchev–Trinajstić information content (AvgIpc) is 2.32. The maximum Gasteiger partial charge on any atom is 0.346 e. The summed E-state index contributed by atoms with van der Waals surface area (Å²) < 4.78 is 0. The summed E-state index contributed by atoms with van der Waals surface area (Å²) in [6, 6.07) is 6.66. The first-order valence-corrected chi connectivity index (χ1v) is 5.70. The molecule has 2 aromatic rings. The number of anilines is 1. The van der Waals surface area contributed by atoms with E-state index in [0.717, 1.165) is 0 Å². The van der Waals surface area contributed by atoms with Crippen LogP contribution in [0.25, 0.3) is 0 Å². The van der Waals surface area contributed by atoms with Crippen molar-refractivity contribution in [2.24, 2.45) is 5.10 Å². The number of hydrogen-bond donors (Lipinski definition) is 2. The number of aromatic nitrogens is 2. The zero-order valence-corrected chi connectivity index (χ0v) is 10.5. The minimum atomic E-state index is -0.445. The van der Waals surface area contributed by atoms with Gasteiger partial charge in [0, 0.05) is 16.8 Å². The van der Waals surface area contributed by atoms with Crippen LogP contribution in [0.4, 0.5) is 5.82 Å². The first-order chi connectivity index (χ1) is 8.65. The summed E-state index contributed by atoms with van der Waals surface area (Å²) in [6.45, 7) is 0. The van der Waals surface area contributed by atoms with Crippen LogP contribution >= 0.6 is 23.2 Å². The number of nitrogens with zero attached hydrogens (tertiary/aromatic N) is 2. The molecule has 0 aliphatic heterocycles. The molecule has 0 spiro atoms. The molecule has 0 saturated carbocycles. The minimum absolute atomic E-state index is 0.441. The highest BCUT2D eigenvalue weighted by molar-refractivity contribution is 6.36. The van der Waals surface area contributed by atoms with Gasteiger partial charge in [0.2, 0.25) is 0 Å². The maximum atomic E-state index is 10.9. The lowest BCUT2D eigenvalue weighted by atomic mass is 10.2. The van der Waals surface area contributed by atoms with Gasteiger partial charge in [0.1, 0.15) is 5.82 Å². The Balaban J connectivity index is 2.10. The Labute approximate surface area is 112 Å². The molecule has 2 N–H and O–H groups in total. The van der Waals surface area contributed by atoms with Gasteiger partial charge < -0.3 is 0 Å². The van der Waals surface area contributed by atoms with Crippen LogP contribution in [0, 0.1) is 0 Å². The third-order valence-electron chi connectivity index (χ3n) is 2.03. The first kappa shape index (κ1) is 12.6. The predicted octanol–water partition coefficient (Wildman–Crippen LogP) is 2.52. The summed E-state index contributed by atoms with van der Waals surface area (Å²) in [7, 11) is 0. The Morgan fingerprint density at radius 1 is 1.33 bits per heavy atom. The molecule has 0 atom stereocenters. The number of rotatable bonds is 3. The van der Waals surface area contributed by atoms with E-state index in [2.05, 4.69) is 20.5 Å². The van der Waals surface area contributed by atoms with E-state index >= 15 is 0 Å². The SMILES string of the molecule is O=c1nccc(N/N=C\c2ccc(Cl)cc2Cl)[nH]1.